The molecule has 36 heavy (non-hydrogen) atoms. The fourth-order valence-electron chi connectivity index (χ4n) is 5.19. The normalized spacial score (nSPS) is 13.6. The van der Waals surface area contributed by atoms with Crippen LogP contribution in [-0.2, 0) is 29.0 Å². The first kappa shape index (κ1) is 27.5. The Kier molecular flexibility index (Phi) is 9.03. The van der Waals surface area contributed by atoms with E-state index in [-0.39, 0.29) is 24.2 Å². The Morgan fingerprint density at radius 3 is 2.58 bits per heavy atom. The van der Waals surface area contributed by atoms with Gasteiger partial charge in [0.05, 0.1) is 12.8 Å². The quantitative estimate of drug-likeness (QED) is 0.407. The van der Waals surface area contributed by atoms with Crippen molar-refractivity contribution < 1.29 is 14.7 Å². The van der Waals surface area contributed by atoms with E-state index in [1.54, 1.807) is 11.8 Å². The molecule has 9 nitrogen and oxygen atoms in total. The van der Waals surface area contributed by atoms with Crippen LogP contribution in [0.5, 0.6) is 0 Å². The number of amides is 1. The van der Waals surface area contributed by atoms with Crippen molar-refractivity contribution in [1.29, 1.82) is 0 Å². The maximum Gasteiger partial charge on any atom is 0.307 e. The number of carbonyl (C=O) groups excluding carboxylic acids is 1. The van der Waals surface area contributed by atoms with Crippen molar-refractivity contribution >= 4 is 23.5 Å². The van der Waals surface area contributed by atoms with Gasteiger partial charge in [0.1, 0.15) is 17.5 Å². The topological polar surface area (TPSA) is 116 Å². The predicted molar refractivity (Wildman–Crippen MR) is 142 cm³/mol. The molecule has 0 fully saturated rings. The SMILES string of the molecule is Cc1nc(N)c2c(n1)N(CCCCN(Cc1cccc(CC(=O)O)c1)CC(C)(C)CN(C)C)C(=O)C2. The van der Waals surface area contributed by atoms with Gasteiger partial charge in [0.15, 0.2) is 0 Å². The molecule has 0 unspecified atom stereocenters. The largest absolute Gasteiger partial charge is 0.481 e. The van der Waals surface area contributed by atoms with Crippen molar-refractivity contribution in [3.05, 3.63) is 46.8 Å². The number of nitrogens with two attached hydrogens (primary N) is 1. The summed E-state index contributed by atoms with van der Waals surface area (Å²) in [5.74, 6) is 0.828. The van der Waals surface area contributed by atoms with E-state index in [9.17, 15) is 9.59 Å². The maximum absolute atomic E-state index is 12.6. The number of rotatable bonds is 13. The molecule has 2 aromatic rings. The molecule has 0 saturated heterocycles. The second-order valence-corrected chi connectivity index (χ2v) is 10.9. The molecule has 2 heterocycles. The highest BCUT2D eigenvalue weighted by atomic mass is 16.4. The van der Waals surface area contributed by atoms with Crippen molar-refractivity contribution in [2.24, 2.45) is 5.41 Å². The van der Waals surface area contributed by atoms with Gasteiger partial charge in [-0.3, -0.25) is 19.4 Å². The van der Waals surface area contributed by atoms with Crippen LogP contribution in [-0.4, -0.2) is 77.0 Å². The summed E-state index contributed by atoms with van der Waals surface area (Å²) in [6.45, 7) is 10.4. The number of carboxylic acid groups (broad SMARTS) is 1. The molecule has 9 heteroatoms. The van der Waals surface area contributed by atoms with Crippen LogP contribution in [0.3, 0.4) is 0 Å². The fourth-order valence-corrected chi connectivity index (χ4v) is 5.19. The number of carboxylic acids is 1. The van der Waals surface area contributed by atoms with E-state index >= 15 is 0 Å². The lowest BCUT2D eigenvalue weighted by atomic mass is 9.91. The van der Waals surface area contributed by atoms with Crippen molar-refractivity contribution in [2.45, 2.75) is 53.0 Å². The van der Waals surface area contributed by atoms with Crippen molar-refractivity contribution in [1.82, 2.24) is 19.8 Å². The first-order chi connectivity index (χ1) is 16.9. The zero-order valence-corrected chi connectivity index (χ0v) is 22.3. The van der Waals surface area contributed by atoms with Gasteiger partial charge in [-0.15, -0.1) is 0 Å². The van der Waals surface area contributed by atoms with E-state index in [2.05, 4.69) is 53.8 Å². The summed E-state index contributed by atoms with van der Waals surface area (Å²) in [4.78, 5) is 38.8. The summed E-state index contributed by atoms with van der Waals surface area (Å²) in [5.41, 5.74) is 8.77. The van der Waals surface area contributed by atoms with Crippen LogP contribution in [0.25, 0.3) is 0 Å². The summed E-state index contributed by atoms with van der Waals surface area (Å²) >= 11 is 0. The molecule has 0 spiro atoms. The number of benzene rings is 1. The van der Waals surface area contributed by atoms with Gasteiger partial charge < -0.3 is 15.7 Å². The second kappa shape index (κ2) is 11.8. The Balaban J connectivity index is 1.65. The van der Waals surface area contributed by atoms with E-state index < -0.39 is 5.97 Å². The number of aromatic nitrogens is 2. The minimum absolute atomic E-state index is 0.0239. The van der Waals surface area contributed by atoms with Crippen molar-refractivity contribution in [2.75, 3.05) is 50.9 Å². The van der Waals surface area contributed by atoms with Crippen LogP contribution in [0.15, 0.2) is 24.3 Å². The molecule has 0 atom stereocenters. The number of nitrogen functional groups attached to an aromatic ring is 1. The Hall–Kier alpha value is -3.04. The van der Waals surface area contributed by atoms with Gasteiger partial charge in [-0.1, -0.05) is 38.1 Å². The molecule has 1 amide bonds. The molecule has 1 aromatic carbocycles. The minimum Gasteiger partial charge on any atom is -0.481 e. The van der Waals surface area contributed by atoms with Crippen LogP contribution in [0.2, 0.25) is 0 Å². The number of hydrogen-bond acceptors (Lipinski definition) is 7. The first-order valence-electron chi connectivity index (χ1n) is 12.5. The maximum atomic E-state index is 12.6. The summed E-state index contributed by atoms with van der Waals surface area (Å²) in [5, 5.41) is 9.16. The molecular formula is C27H40N6O3. The van der Waals surface area contributed by atoms with E-state index in [0.29, 0.717) is 24.0 Å². The first-order valence-corrected chi connectivity index (χ1v) is 12.5. The molecule has 1 aromatic heterocycles. The highest BCUT2D eigenvalue weighted by Gasteiger charge is 2.31. The molecule has 3 N–H and O–H groups in total. The van der Waals surface area contributed by atoms with Gasteiger partial charge in [-0.2, -0.15) is 0 Å². The van der Waals surface area contributed by atoms with Gasteiger partial charge in [0.2, 0.25) is 5.91 Å². The summed E-state index contributed by atoms with van der Waals surface area (Å²) < 4.78 is 0. The Bertz CT molecular complexity index is 1090. The lowest BCUT2D eigenvalue weighted by molar-refractivity contribution is -0.136. The number of aryl methyl sites for hydroxylation is 1. The molecule has 1 aliphatic rings. The highest BCUT2D eigenvalue weighted by molar-refractivity contribution is 6.01. The van der Waals surface area contributed by atoms with Crippen molar-refractivity contribution in [3.63, 3.8) is 0 Å². The molecule has 1 aliphatic heterocycles. The van der Waals surface area contributed by atoms with Gasteiger partial charge in [-0.05, 0) is 56.9 Å². The standard InChI is InChI=1S/C27H40N6O3/c1-19-29-25(28)22-15-23(34)33(26(22)30-19)12-7-6-11-32(18-27(2,3)17-31(4)5)16-21-10-8-9-20(13-21)14-24(35)36/h8-10,13H,6-7,11-12,14-18H2,1-5H3,(H,35,36)(H2,28,29,30). The summed E-state index contributed by atoms with van der Waals surface area (Å²) in [6, 6.07) is 7.85. The molecular weight excluding hydrogens is 456 g/mol. The lowest BCUT2D eigenvalue weighted by Gasteiger charge is -2.35. The van der Waals surface area contributed by atoms with Crippen LogP contribution in [0.1, 0.15) is 49.2 Å². The highest BCUT2D eigenvalue weighted by Crippen LogP contribution is 2.30. The van der Waals surface area contributed by atoms with Crippen LogP contribution >= 0.6 is 0 Å². The number of carbonyl (C=O) groups is 2. The zero-order valence-electron chi connectivity index (χ0n) is 22.3. The molecule has 3 rings (SSSR count). The molecule has 0 aliphatic carbocycles. The third kappa shape index (κ3) is 7.73. The predicted octanol–water partition coefficient (Wildman–Crippen LogP) is 2.75. The Labute approximate surface area is 214 Å². The number of hydrogen-bond donors (Lipinski definition) is 2. The van der Waals surface area contributed by atoms with Gasteiger partial charge >= 0.3 is 5.97 Å². The fraction of sp³-hybridized carbons (Fsp3) is 0.556. The third-order valence-corrected chi connectivity index (χ3v) is 6.27. The molecule has 196 valence electrons. The van der Waals surface area contributed by atoms with E-state index in [4.69, 9.17) is 10.8 Å². The Morgan fingerprint density at radius 1 is 1.17 bits per heavy atom. The number of unbranched alkanes of at least 4 members (excludes halogenated alkanes) is 1. The molecule has 0 saturated carbocycles. The summed E-state index contributed by atoms with van der Waals surface area (Å²) in [7, 11) is 4.18. The number of anilines is 2. The monoisotopic (exact) mass is 496 g/mol. The van der Waals surface area contributed by atoms with E-state index in [0.717, 1.165) is 55.7 Å². The zero-order chi connectivity index (χ0) is 26.5. The summed E-state index contributed by atoms with van der Waals surface area (Å²) in [6.07, 6.45) is 2.06. The van der Waals surface area contributed by atoms with Crippen LogP contribution in [0, 0.1) is 12.3 Å². The van der Waals surface area contributed by atoms with Gasteiger partial charge in [0, 0.05) is 31.7 Å². The minimum atomic E-state index is -0.823. The average molecular weight is 497 g/mol. The van der Waals surface area contributed by atoms with Gasteiger partial charge in [-0.25, -0.2) is 9.97 Å². The van der Waals surface area contributed by atoms with E-state index in [1.165, 1.54) is 0 Å². The third-order valence-electron chi connectivity index (χ3n) is 6.27. The Morgan fingerprint density at radius 2 is 1.89 bits per heavy atom. The average Bonchev–Trinajstić information content (AvgIpc) is 3.05. The van der Waals surface area contributed by atoms with Crippen LogP contribution < -0.4 is 10.6 Å². The molecule has 0 bridgehead atoms. The number of aliphatic carboxylic acids is 1. The lowest BCUT2D eigenvalue weighted by Crippen LogP contribution is -2.40. The van der Waals surface area contributed by atoms with Gasteiger partial charge in [0.25, 0.3) is 0 Å². The smallest absolute Gasteiger partial charge is 0.307 e. The van der Waals surface area contributed by atoms with E-state index in [1.807, 2.05) is 18.2 Å². The second-order valence-electron chi connectivity index (χ2n) is 10.9. The molecule has 0 radical (unpaired) electrons. The van der Waals surface area contributed by atoms with Crippen molar-refractivity contribution in [3.8, 4) is 0 Å². The number of fused-ring (bicyclic) bond motifs is 1. The number of nitrogens with zero attached hydrogens (tertiary/aromatic N) is 5. The van der Waals surface area contributed by atoms with Crippen LogP contribution in [0.4, 0.5) is 11.6 Å².